The molecule has 2 N–H and O–H groups in total. The van der Waals surface area contributed by atoms with E-state index in [1.165, 1.54) is 12.1 Å². The number of aromatic hydroxyl groups is 1. The van der Waals surface area contributed by atoms with E-state index in [1.54, 1.807) is 0 Å². The summed E-state index contributed by atoms with van der Waals surface area (Å²) in [7, 11) is 0. The predicted molar refractivity (Wildman–Crippen MR) is 105 cm³/mol. The number of alkyl halides is 3. The second-order valence-corrected chi connectivity index (χ2v) is 8.28. The molecular weight excluding hydrogens is 385 g/mol. The minimum Gasteiger partial charge on any atom is -0.506 e. The van der Waals surface area contributed by atoms with Gasteiger partial charge in [0.25, 0.3) is 0 Å². The van der Waals surface area contributed by atoms with Crippen LogP contribution in [0.25, 0.3) is 0 Å². The normalized spacial score (nSPS) is 27.0. The van der Waals surface area contributed by atoms with Crippen molar-refractivity contribution in [3.63, 3.8) is 0 Å². The van der Waals surface area contributed by atoms with E-state index in [0.29, 0.717) is 6.10 Å². The monoisotopic (exact) mass is 416 g/mol. The highest BCUT2D eigenvalue weighted by Gasteiger charge is 2.38. The molecule has 2 fully saturated rings. The number of phenolic OH excluding ortho intramolecular Hbond substituents is 1. The summed E-state index contributed by atoms with van der Waals surface area (Å²) in [6.07, 6.45) is 1.77. The smallest absolute Gasteiger partial charge is 0.506 e. The van der Waals surface area contributed by atoms with Crippen LogP contribution in [0.1, 0.15) is 52.4 Å². The summed E-state index contributed by atoms with van der Waals surface area (Å²) in [5.41, 5.74) is 0.454. The Balaban J connectivity index is 1.53. The van der Waals surface area contributed by atoms with Gasteiger partial charge in [-0.05, 0) is 64.5 Å². The molecule has 0 bridgehead atoms. The van der Waals surface area contributed by atoms with Crippen LogP contribution in [0.4, 0.5) is 18.9 Å². The lowest BCUT2D eigenvalue weighted by molar-refractivity contribution is -0.274. The Morgan fingerprint density at radius 3 is 2.41 bits per heavy atom. The standard InChI is InChI=1S/C21H31F3N2O3/c1-3-28-16-6-10-20(2,11-7-16)26-12-8-15(9-13-26)25-18-14-17(4-5-19(18)27)29-21(22,23)24/h4-5,14-16,25,27H,3,6-13H2,1-2H3/t16-,20-. The Labute approximate surface area is 170 Å². The molecule has 0 spiro atoms. The molecular formula is C21H31F3N2O3. The topological polar surface area (TPSA) is 54.0 Å². The minimum atomic E-state index is -4.75. The average molecular weight is 416 g/mol. The van der Waals surface area contributed by atoms with Gasteiger partial charge >= 0.3 is 6.36 Å². The van der Waals surface area contributed by atoms with Crippen molar-refractivity contribution < 1.29 is 27.8 Å². The number of hydrogen-bond donors (Lipinski definition) is 2. The van der Waals surface area contributed by atoms with Crippen LogP contribution in [0.5, 0.6) is 11.5 Å². The van der Waals surface area contributed by atoms with E-state index >= 15 is 0 Å². The molecule has 1 aliphatic carbocycles. The van der Waals surface area contributed by atoms with Crippen LogP contribution < -0.4 is 10.1 Å². The van der Waals surface area contributed by atoms with E-state index in [2.05, 4.69) is 21.9 Å². The van der Waals surface area contributed by atoms with Crippen LogP contribution in [0.3, 0.4) is 0 Å². The largest absolute Gasteiger partial charge is 0.573 e. The predicted octanol–water partition coefficient (Wildman–Crippen LogP) is 4.90. The summed E-state index contributed by atoms with van der Waals surface area (Å²) < 4.78 is 47.0. The van der Waals surface area contributed by atoms with Gasteiger partial charge in [0, 0.05) is 37.3 Å². The van der Waals surface area contributed by atoms with Crippen LogP contribution in [-0.4, -0.2) is 53.7 Å². The van der Waals surface area contributed by atoms with E-state index in [9.17, 15) is 18.3 Å². The Morgan fingerprint density at radius 1 is 1.17 bits per heavy atom. The van der Waals surface area contributed by atoms with Crippen LogP contribution in [0, 0.1) is 0 Å². The highest BCUT2D eigenvalue weighted by Crippen LogP contribution is 2.37. The molecule has 1 aliphatic heterocycles. The lowest BCUT2D eigenvalue weighted by atomic mass is 9.79. The maximum Gasteiger partial charge on any atom is 0.573 e. The maximum absolute atomic E-state index is 12.4. The fourth-order valence-electron chi connectivity index (χ4n) is 4.54. The van der Waals surface area contributed by atoms with Crippen molar-refractivity contribution in [2.45, 2.75) is 76.4 Å². The number of benzene rings is 1. The number of halogens is 3. The minimum absolute atomic E-state index is 0.0804. The third kappa shape index (κ3) is 5.92. The number of ether oxygens (including phenoxy) is 2. The average Bonchev–Trinajstić information content (AvgIpc) is 2.66. The molecule has 29 heavy (non-hydrogen) atoms. The Morgan fingerprint density at radius 2 is 1.83 bits per heavy atom. The van der Waals surface area contributed by atoms with Gasteiger partial charge in [-0.1, -0.05) is 0 Å². The fraction of sp³-hybridized carbons (Fsp3) is 0.714. The first-order valence-electron chi connectivity index (χ1n) is 10.4. The summed E-state index contributed by atoms with van der Waals surface area (Å²) in [4.78, 5) is 2.54. The number of hydrogen-bond acceptors (Lipinski definition) is 5. The van der Waals surface area contributed by atoms with Gasteiger partial charge < -0.3 is 19.9 Å². The first kappa shape index (κ1) is 22.0. The van der Waals surface area contributed by atoms with Crippen LogP contribution in [0.15, 0.2) is 18.2 Å². The van der Waals surface area contributed by atoms with Crippen molar-refractivity contribution in [1.29, 1.82) is 0 Å². The molecule has 5 nitrogen and oxygen atoms in total. The van der Waals surface area contributed by atoms with Gasteiger partial charge in [-0.25, -0.2) is 0 Å². The van der Waals surface area contributed by atoms with Gasteiger partial charge in [0.05, 0.1) is 11.8 Å². The van der Waals surface area contributed by atoms with E-state index < -0.39 is 6.36 Å². The lowest BCUT2D eigenvalue weighted by Gasteiger charge is -2.48. The number of anilines is 1. The molecule has 1 saturated carbocycles. The second-order valence-electron chi connectivity index (χ2n) is 8.28. The highest BCUT2D eigenvalue weighted by molar-refractivity contribution is 5.59. The number of piperidine rings is 1. The first-order chi connectivity index (χ1) is 13.7. The van der Waals surface area contributed by atoms with Crippen molar-refractivity contribution in [1.82, 2.24) is 4.90 Å². The van der Waals surface area contributed by atoms with Gasteiger partial charge in [0.1, 0.15) is 11.5 Å². The quantitative estimate of drug-likeness (QED) is 0.646. The fourth-order valence-corrected chi connectivity index (χ4v) is 4.54. The van der Waals surface area contributed by atoms with Crippen molar-refractivity contribution in [2.24, 2.45) is 0 Å². The molecule has 0 aromatic heterocycles. The van der Waals surface area contributed by atoms with Crippen molar-refractivity contribution in [3.8, 4) is 11.5 Å². The summed E-state index contributed by atoms with van der Waals surface area (Å²) in [6, 6.07) is 3.62. The molecule has 0 unspecified atom stereocenters. The van der Waals surface area contributed by atoms with E-state index in [4.69, 9.17) is 4.74 Å². The summed E-state index contributed by atoms with van der Waals surface area (Å²) in [6.45, 7) is 6.97. The molecule has 1 saturated heterocycles. The Hall–Kier alpha value is -1.67. The highest BCUT2D eigenvalue weighted by atomic mass is 19.4. The van der Waals surface area contributed by atoms with Gasteiger partial charge in [0.15, 0.2) is 0 Å². The summed E-state index contributed by atoms with van der Waals surface area (Å²) in [5, 5.41) is 13.2. The number of nitrogens with one attached hydrogen (secondary N) is 1. The van der Waals surface area contributed by atoms with Gasteiger partial charge in [-0.15, -0.1) is 13.2 Å². The first-order valence-corrected chi connectivity index (χ1v) is 10.4. The molecule has 0 atom stereocenters. The lowest BCUT2D eigenvalue weighted by Crippen LogP contribution is -2.53. The summed E-state index contributed by atoms with van der Waals surface area (Å²) >= 11 is 0. The van der Waals surface area contributed by atoms with E-state index in [-0.39, 0.29) is 28.8 Å². The van der Waals surface area contributed by atoms with E-state index in [0.717, 1.165) is 64.3 Å². The molecule has 1 heterocycles. The van der Waals surface area contributed by atoms with Crippen LogP contribution >= 0.6 is 0 Å². The molecule has 1 aromatic carbocycles. The molecule has 8 heteroatoms. The van der Waals surface area contributed by atoms with Gasteiger partial charge in [-0.2, -0.15) is 0 Å². The number of likely N-dealkylation sites (tertiary alicyclic amines) is 1. The number of phenols is 1. The zero-order chi connectivity index (χ0) is 21.1. The molecule has 0 amide bonds. The molecule has 2 aliphatic rings. The SMILES string of the molecule is CCO[C@H]1CC[C@](C)(N2CCC(Nc3cc(OC(F)(F)F)ccc3O)CC2)CC1. The molecule has 0 radical (unpaired) electrons. The third-order valence-corrected chi connectivity index (χ3v) is 6.23. The maximum atomic E-state index is 12.4. The molecule has 1 aromatic rings. The van der Waals surface area contributed by atoms with E-state index in [1.807, 2.05) is 6.92 Å². The molecule has 3 rings (SSSR count). The van der Waals surface area contributed by atoms with Crippen molar-refractivity contribution >= 4 is 5.69 Å². The number of nitrogens with zero attached hydrogens (tertiary/aromatic N) is 1. The van der Waals surface area contributed by atoms with Gasteiger partial charge in [0.2, 0.25) is 0 Å². The Bertz CT molecular complexity index is 668. The second kappa shape index (κ2) is 9.00. The van der Waals surface area contributed by atoms with Crippen LogP contribution in [-0.2, 0) is 4.74 Å². The number of rotatable bonds is 6. The zero-order valence-electron chi connectivity index (χ0n) is 17.1. The summed E-state index contributed by atoms with van der Waals surface area (Å²) in [5.74, 6) is -0.419. The van der Waals surface area contributed by atoms with Crippen molar-refractivity contribution in [2.75, 3.05) is 25.0 Å². The third-order valence-electron chi connectivity index (χ3n) is 6.23. The molecule has 164 valence electrons. The Kier molecular flexibility index (Phi) is 6.83. The van der Waals surface area contributed by atoms with Crippen molar-refractivity contribution in [3.05, 3.63) is 18.2 Å². The van der Waals surface area contributed by atoms with Gasteiger partial charge in [-0.3, -0.25) is 4.90 Å². The zero-order valence-corrected chi connectivity index (χ0v) is 17.1. The van der Waals surface area contributed by atoms with Crippen LogP contribution in [0.2, 0.25) is 0 Å².